The first-order chi connectivity index (χ1) is 9.77. The number of benzene rings is 1. The third-order valence-electron chi connectivity index (χ3n) is 2.39. The summed E-state index contributed by atoms with van der Waals surface area (Å²) in [4.78, 5) is 10.4. The van der Waals surface area contributed by atoms with Crippen molar-refractivity contribution in [1.29, 1.82) is 0 Å². The summed E-state index contributed by atoms with van der Waals surface area (Å²) in [5.41, 5.74) is 0. The molecular weight excluding hydrogens is 372 g/mol. The molecule has 0 aromatic heterocycles. The van der Waals surface area contributed by atoms with Crippen molar-refractivity contribution < 1.29 is 26.7 Å². The average Bonchev–Trinajstić information content (AvgIpc) is 2.33. The molecule has 0 heterocycles. The molecule has 5 nitrogen and oxygen atoms in total. The van der Waals surface area contributed by atoms with E-state index in [1.165, 1.54) is 0 Å². The van der Waals surface area contributed by atoms with Crippen LogP contribution in [0.25, 0.3) is 0 Å². The number of ether oxygens (including phenoxy) is 1. The number of carbonyl (C=O) groups is 1. The van der Waals surface area contributed by atoms with Crippen molar-refractivity contribution in [1.82, 2.24) is 4.72 Å². The normalized spacial score (nSPS) is 11.4. The molecule has 9 heteroatoms. The molecule has 118 valence electrons. The maximum absolute atomic E-state index is 13.6. The van der Waals surface area contributed by atoms with Crippen LogP contribution in [0.4, 0.5) is 8.78 Å². The minimum Gasteiger partial charge on any atom is -0.466 e. The summed E-state index contributed by atoms with van der Waals surface area (Å²) < 4.78 is 57.0. The van der Waals surface area contributed by atoms with E-state index in [1.807, 2.05) is 0 Å². The lowest BCUT2D eigenvalue weighted by atomic mass is 10.3. The second kappa shape index (κ2) is 7.81. The van der Waals surface area contributed by atoms with Crippen LogP contribution in [0.15, 0.2) is 21.5 Å². The lowest BCUT2D eigenvalue weighted by Crippen LogP contribution is -2.26. The van der Waals surface area contributed by atoms with Crippen LogP contribution in [0.2, 0.25) is 0 Å². The van der Waals surface area contributed by atoms with Crippen molar-refractivity contribution in [2.45, 2.75) is 24.7 Å². The molecule has 1 N–H and O–H groups in total. The van der Waals surface area contributed by atoms with E-state index >= 15 is 0 Å². The van der Waals surface area contributed by atoms with E-state index in [1.54, 1.807) is 6.92 Å². The van der Waals surface area contributed by atoms with Crippen molar-refractivity contribution in [3.05, 3.63) is 28.2 Å². The fourth-order valence-electron chi connectivity index (χ4n) is 1.53. The highest BCUT2D eigenvalue weighted by Gasteiger charge is 2.23. The molecule has 0 bridgehead atoms. The Morgan fingerprint density at radius 2 is 2.05 bits per heavy atom. The summed E-state index contributed by atoms with van der Waals surface area (Å²) in [6.07, 6.45) is 0.252. The minimum absolute atomic E-state index is 0.0451. The fourth-order valence-corrected chi connectivity index (χ4v) is 3.77. The first kappa shape index (κ1) is 18.0. The van der Waals surface area contributed by atoms with Crippen molar-refractivity contribution in [3.8, 4) is 0 Å². The zero-order chi connectivity index (χ0) is 16.0. The summed E-state index contributed by atoms with van der Waals surface area (Å²) in [5.74, 6) is -2.52. The Labute approximate surface area is 129 Å². The van der Waals surface area contributed by atoms with Crippen molar-refractivity contribution in [2.24, 2.45) is 0 Å². The quantitative estimate of drug-likeness (QED) is 0.577. The number of hydrogen-bond donors (Lipinski definition) is 1. The molecule has 0 aliphatic carbocycles. The monoisotopic (exact) mass is 385 g/mol. The summed E-state index contributed by atoms with van der Waals surface area (Å²) in [6.45, 7) is 1.85. The lowest BCUT2D eigenvalue weighted by Gasteiger charge is -2.09. The molecule has 0 fully saturated rings. The minimum atomic E-state index is -4.14. The molecule has 1 rings (SSSR count). The summed E-state index contributed by atoms with van der Waals surface area (Å²) in [5, 5.41) is 0. The fraction of sp³-hybridized carbons (Fsp3) is 0.417. The Balaban J connectivity index is 2.69. The van der Waals surface area contributed by atoms with Crippen molar-refractivity contribution >= 4 is 31.9 Å². The number of hydrogen-bond acceptors (Lipinski definition) is 4. The van der Waals surface area contributed by atoms with E-state index in [4.69, 9.17) is 0 Å². The molecule has 0 spiro atoms. The van der Waals surface area contributed by atoms with Crippen LogP contribution in [-0.2, 0) is 19.6 Å². The van der Waals surface area contributed by atoms with Gasteiger partial charge >= 0.3 is 5.97 Å². The van der Waals surface area contributed by atoms with Gasteiger partial charge in [-0.2, -0.15) is 0 Å². The van der Waals surface area contributed by atoms with Crippen LogP contribution in [0.5, 0.6) is 0 Å². The largest absolute Gasteiger partial charge is 0.466 e. The third kappa shape index (κ3) is 5.33. The van der Waals surface area contributed by atoms with Gasteiger partial charge in [0.2, 0.25) is 10.0 Å². The van der Waals surface area contributed by atoms with Crippen LogP contribution in [0.1, 0.15) is 19.8 Å². The molecule has 0 saturated carbocycles. The van der Waals surface area contributed by atoms with Crippen LogP contribution < -0.4 is 4.72 Å². The maximum Gasteiger partial charge on any atom is 0.305 e. The van der Waals surface area contributed by atoms with Crippen LogP contribution >= 0.6 is 15.9 Å². The van der Waals surface area contributed by atoms with Gasteiger partial charge in [0.05, 0.1) is 6.61 Å². The molecule has 0 amide bonds. The summed E-state index contributed by atoms with van der Waals surface area (Å²) >= 11 is 2.81. The van der Waals surface area contributed by atoms with Crippen molar-refractivity contribution in [2.75, 3.05) is 13.2 Å². The van der Waals surface area contributed by atoms with Gasteiger partial charge in [-0.3, -0.25) is 4.79 Å². The zero-order valence-electron chi connectivity index (χ0n) is 11.2. The van der Waals surface area contributed by atoms with E-state index in [0.717, 1.165) is 6.07 Å². The highest BCUT2D eigenvalue weighted by molar-refractivity contribution is 9.10. The summed E-state index contributed by atoms with van der Waals surface area (Å²) in [7, 11) is -4.14. The van der Waals surface area contributed by atoms with Gasteiger partial charge in [-0.15, -0.1) is 0 Å². The molecule has 1 aromatic carbocycles. The van der Waals surface area contributed by atoms with E-state index in [9.17, 15) is 22.0 Å². The van der Waals surface area contributed by atoms with E-state index in [-0.39, 0.29) is 30.5 Å². The predicted molar refractivity (Wildman–Crippen MR) is 75.1 cm³/mol. The number of rotatable bonds is 7. The summed E-state index contributed by atoms with van der Waals surface area (Å²) in [6, 6.07) is 1.34. The Morgan fingerprint density at radius 1 is 1.38 bits per heavy atom. The molecule has 21 heavy (non-hydrogen) atoms. The molecule has 0 atom stereocenters. The Hall–Kier alpha value is -1.06. The first-order valence-corrected chi connectivity index (χ1v) is 8.35. The van der Waals surface area contributed by atoms with Gasteiger partial charge in [-0.1, -0.05) is 0 Å². The number of halogens is 3. The van der Waals surface area contributed by atoms with Crippen molar-refractivity contribution in [3.63, 3.8) is 0 Å². The molecule has 1 aromatic rings. The Morgan fingerprint density at radius 3 is 2.62 bits per heavy atom. The molecule has 0 aliphatic heterocycles. The molecule has 0 radical (unpaired) electrons. The van der Waals surface area contributed by atoms with Crippen LogP contribution in [-0.4, -0.2) is 27.5 Å². The van der Waals surface area contributed by atoms with E-state index in [2.05, 4.69) is 25.4 Å². The molecule has 0 aliphatic rings. The number of carbonyl (C=O) groups excluding carboxylic acids is 1. The highest BCUT2D eigenvalue weighted by Crippen LogP contribution is 2.26. The second-order valence-electron chi connectivity index (χ2n) is 4.00. The van der Waals surface area contributed by atoms with Gasteiger partial charge in [0.1, 0.15) is 16.5 Å². The average molecular weight is 386 g/mol. The van der Waals surface area contributed by atoms with Gasteiger partial charge in [-0.25, -0.2) is 21.9 Å². The SMILES string of the molecule is CCOC(=O)CCCNS(=O)(=O)c1c(F)cc(F)cc1Br. The van der Waals surface area contributed by atoms with Gasteiger partial charge < -0.3 is 4.74 Å². The zero-order valence-corrected chi connectivity index (χ0v) is 13.6. The Bertz CT molecular complexity index is 599. The number of nitrogens with one attached hydrogen (secondary N) is 1. The first-order valence-electron chi connectivity index (χ1n) is 6.07. The van der Waals surface area contributed by atoms with Gasteiger partial charge in [-0.05, 0) is 35.3 Å². The number of sulfonamides is 1. The van der Waals surface area contributed by atoms with Gasteiger partial charge in [0.25, 0.3) is 0 Å². The standard InChI is InChI=1S/C12H14BrF2NO4S/c1-2-20-11(17)4-3-5-16-21(18,19)12-9(13)6-8(14)7-10(12)15/h6-7,16H,2-5H2,1H3. The van der Waals surface area contributed by atoms with Crippen LogP contribution in [0.3, 0.4) is 0 Å². The molecular formula is C12H14BrF2NO4S. The highest BCUT2D eigenvalue weighted by atomic mass is 79.9. The van der Waals surface area contributed by atoms with Gasteiger partial charge in [0, 0.05) is 23.5 Å². The van der Waals surface area contributed by atoms with Crippen LogP contribution in [0, 0.1) is 11.6 Å². The maximum atomic E-state index is 13.6. The smallest absolute Gasteiger partial charge is 0.305 e. The predicted octanol–water partition coefficient (Wildman–Crippen LogP) is 2.35. The molecule has 0 unspecified atom stereocenters. The topological polar surface area (TPSA) is 72.5 Å². The third-order valence-corrected chi connectivity index (χ3v) is 4.81. The van der Waals surface area contributed by atoms with E-state index in [0.29, 0.717) is 6.07 Å². The molecule has 0 saturated heterocycles. The second-order valence-corrected chi connectivity index (χ2v) is 6.56. The Kier molecular flexibility index (Phi) is 6.69. The van der Waals surface area contributed by atoms with Gasteiger partial charge in [0.15, 0.2) is 0 Å². The number of esters is 1. The van der Waals surface area contributed by atoms with E-state index < -0.39 is 32.5 Å². The lowest BCUT2D eigenvalue weighted by molar-refractivity contribution is -0.143.